The molecule has 17 heavy (non-hydrogen) atoms. The molecule has 0 heterocycles. The third kappa shape index (κ3) is 3.16. The Labute approximate surface area is 119 Å². The maximum atomic E-state index is 10.1. The van der Waals surface area contributed by atoms with Crippen molar-refractivity contribution in [3.8, 4) is 0 Å². The Morgan fingerprint density at radius 2 is 2.00 bits per heavy atom. The second kappa shape index (κ2) is 5.74. The molecular formula is C14H27IO2. The molecular weight excluding hydrogens is 327 g/mol. The largest absolute Gasteiger partial charge is 0.393 e. The van der Waals surface area contributed by atoms with Crippen LogP contribution in [0.25, 0.3) is 0 Å². The average molecular weight is 354 g/mol. The minimum atomic E-state index is -0.191. The zero-order valence-electron chi connectivity index (χ0n) is 11.5. The van der Waals surface area contributed by atoms with Gasteiger partial charge in [-0.1, -0.05) is 50.3 Å². The van der Waals surface area contributed by atoms with Crippen LogP contribution in [-0.2, 0) is 0 Å². The molecule has 102 valence electrons. The smallest absolute Gasteiger partial charge is 0.0578 e. The van der Waals surface area contributed by atoms with Crippen molar-refractivity contribution in [2.24, 2.45) is 11.3 Å². The molecule has 0 aromatic carbocycles. The number of halogens is 1. The van der Waals surface area contributed by atoms with E-state index in [4.69, 9.17) is 0 Å². The van der Waals surface area contributed by atoms with Crippen molar-refractivity contribution < 1.29 is 10.2 Å². The Morgan fingerprint density at radius 3 is 2.53 bits per heavy atom. The third-order valence-electron chi connectivity index (χ3n) is 4.80. The number of hydrogen-bond donors (Lipinski definition) is 2. The van der Waals surface area contributed by atoms with Gasteiger partial charge in [0, 0.05) is 3.42 Å². The monoisotopic (exact) mass is 354 g/mol. The van der Waals surface area contributed by atoms with E-state index in [-0.39, 0.29) is 21.0 Å². The van der Waals surface area contributed by atoms with E-state index < -0.39 is 0 Å². The van der Waals surface area contributed by atoms with E-state index in [0.717, 1.165) is 32.1 Å². The van der Waals surface area contributed by atoms with Gasteiger partial charge in [0.2, 0.25) is 0 Å². The summed E-state index contributed by atoms with van der Waals surface area (Å²) in [5.41, 5.74) is 0.236. The predicted molar refractivity (Wildman–Crippen MR) is 80.5 cm³/mol. The van der Waals surface area contributed by atoms with Gasteiger partial charge < -0.3 is 10.2 Å². The van der Waals surface area contributed by atoms with E-state index in [1.165, 1.54) is 0 Å². The van der Waals surface area contributed by atoms with Crippen LogP contribution in [0, 0.1) is 11.3 Å². The molecule has 4 atom stereocenters. The third-order valence-corrected chi connectivity index (χ3v) is 7.78. The van der Waals surface area contributed by atoms with Gasteiger partial charge in [0.25, 0.3) is 0 Å². The summed E-state index contributed by atoms with van der Waals surface area (Å²) in [4.78, 5) is 0. The lowest BCUT2D eigenvalue weighted by molar-refractivity contribution is -0.00548. The van der Waals surface area contributed by atoms with Crippen LogP contribution in [0.3, 0.4) is 0 Å². The van der Waals surface area contributed by atoms with Crippen LogP contribution >= 0.6 is 22.6 Å². The summed E-state index contributed by atoms with van der Waals surface area (Å²) in [6.07, 6.45) is 4.28. The zero-order valence-corrected chi connectivity index (χ0v) is 13.7. The van der Waals surface area contributed by atoms with Crippen molar-refractivity contribution in [1.82, 2.24) is 0 Å². The molecule has 1 saturated carbocycles. The summed E-state index contributed by atoms with van der Waals surface area (Å²) in [5.74, 6) is 0.302. The van der Waals surface area contributed by atoms with Crippen LogP contribution in [0.2, 0.25) is 0 Å². The summed E-state index contributed by atoms with van der Waals surface area (Å²) in [6.45, 7) is 8.80. The van der Waals surface area contributed by atoms with E-state index in [2.05, 4.69) is 43.4 Å². The molecule has 2 nitrogen and oxygen atoms in total. The minimum absolute atomic E-state index is 0.0958. The van der Waals surface area contributed by atoms with Gasteiger partial charge in [0.05, 0.1) is 12.2 Å². The molecule has 2 N–H and O–H groups in total. The highest BCUT2D eigenvalue weighted by atomic mass is 127. The molecule has 4 unspecified atom stereocenters. The lowest BCUT2D eigenvalue weighted by Crippen LogP contribution is -2.53. The summed E-state index contributed by atoms with van der Waals surface area (Å²) in [5, 5.41) is 19.9. The van der Waals surface area contributed by atoms with Crippen LogP contribution in [0.1, 0.15) is 59.8 Å². The number of hydrogen-bond acceptors (Lipinski definition) is 2. The molecule has 0 spiro atoms. The van der Waals surface area contributed by atoms with Gasteiger partial charge in [-0.3, -0.25) is 0 Å². The summed E-state index contributed by atoms with van der Waals surface area (Å²) in [7, 11) is 0. The second-order valence-electron chi connectivity index (χ2n) is 6.24. The van der Waals surface area contributed by atoms with Crippen molar-refractivity contribution in [2.45, 2.75) is 75.4 Å². The number of rotatable bonds is 4. The highest BCUT2D eigenvalue weighted by Gasteiger charge is 2.51. The summed E-state index contributed by atoms with van der Waals surface area (Å²) >= 11 is 2.55. The van der Waals surface area contributed by atoms with Crippen LogP contribution in [0.15, 0.2) is 0 Å². The Hall–Kier alpha value is 0.650. The quantitative estimate of drug-likeness (QED) is 0.599. The first kappa shape index (κ1) is 15.7. The summed E-state index contributed by atoms with van der Waals surface area (Å²) < 4.78 is 0.0958. The zero-order chi connectivity index (χ0) is 13.3. The fourth-order valence-corrected chi connectivity index (χ4v) is 4.03. The highest BCUT2D eigenvalue weighted by molar-refractivity contribution is 14.1. The lowest BCUT2D eigenvalue weighted by atomic mass is 9.61. The van der Waals surface area contributed by atoms with Crippen LogP contribution in [-0.4, -0.2) is 25.8 Å². The molecule has 0 aliphatic heterocycles. The van der Waals surface area contributed by atoms with Crippen molar-refractivity contribution in [3.63, 3.8) is 0 Å². The topological polar surface area (TPSA) is 40.5 Å². The number of aliphatic hydroxyl groups excluding tert-OH is 2. The van der Waals surface area contributed by atoms with Crippen molar-refractivity contribution in [3.05, 3.63) is 0 Å². The van der Waals surface area contributed by atoms with Crippen molar-refractivity contribution >= 4 is 22.6 Å². The molecule has 1 rings (SSSR count). The second-order valence-corrected chi connectivity index (χ2v) is 8.17. The van der Waals surface area contributed by atoms with E-state index in [1.807, 2.05) is 6.92 Å². The van der Waals surface area contributed by atoms with E-state index in [0.29, 0.717) is 5.92 Å². The Bertz CT molecular complexity index is 255. The fourth-order valence-electron chi connectivity index (χ4n) is 3.03. The minimum Gasteiger partial charge on any atom is -0.393 e. The first-order valence-electron chi connectivity index (χ1n) is 6.79. The number of aliphatic hydroxyl groups is 2. The summed E-state index contributed by atoms with van der Waals surface area (Å²) in [6, 6.07) is 0. The van der Waals surface area contributed by atoms with Crippen molar-refractivity contribution in [1.29, 1.82) is 0 Å². The van der Waals surface area contributed by atoms with Gasteiger partial charge in [0.15, 0.2) is 0 Å². The van der Waals surface area contributed by atoms with Crippen molar-refractivity contribution in [2.75, 3.05) is 0 Å². The molecule has 0 aromatic heterocycles. The molecule has 0 radical (unpaired) electrons. The van der Waals surface area contributed by atoms with Gasteiger partial charge in [0.1, 0.15) is 0 Å². The van der Waals surface area contributed by atoms with Crippen LogP contribution < -0.4 is 0 Å². The maximum absolute atomic E-state index is 10.1. The van der Waals surface area contributed by atoms with E-state index in [9.17, 15) is 10.2 Å². The SMILES string of the molecule is CCC(O)CCC1(I)C(C)C(O)CCC1(C)C. The van der Waals surface area contributed by atoms with Gasteiger partial charge >= 0.3 is 0 Å². The van der Waals surface area contributed by atoms with Gasteiger partial charge in [-0.15, -0.1) is 0 Å². The normalized spacial score (nSPS) is 39.0. The highest BCUT2D eigenvalue weighted by Crippen LogP contribution is 2.55. The molecule has 0 bridgehead atoms. The average Bonchev–Trinajstić information content (AvgIpc) is 2.29. The Morgan fingerprint density at radius 1 is 1.41 bits per heavy atom. The van der Waals surface area contributed by atoms with E-state index in [1.54, 1.807) is 0 Å². The fraction of sp³-hybridized carbons (Fsp3) is 1.00. The first-order chi connectivity index (χ1) is 7.74. The van der Waals surface area contributed by atoms with Gasteiger partial charge in [-0.05, 0) is 43.4 Å². The maximum Gasteiger partial charge on any atom is 0.0578 e. The van der Waals surface area contributed by atoms with Crippen LogP contribution in [0.4, 0.5) is 0 Å². The number of alkyl halides is 1. The molecule has 1 aliphatic carbocycles. The van der Waals surface area contributed by atoms with Crippen LogP contribution in [0.5, 0.6) is 0 Å². The molecule has 1 aliphatic rings. The van der Waals surface area contributed by atoms with E-state index >= 15 is 0 Å². The first-order valence-corrected chi connectivity index (χ1v) is 7.87. The molecule has 0 saturated heterocycles. The Kier molecular flexibility index (Phi) is 5.30. The predicted octanol–water partition coefficient (Wildman–Crippen LogP) is 3.53. The molecule has 0 aromatic rings. The molecule has 1 fully saturated rings. The molecule has 3 heteroatoms. The van der Waals surface area contributed by atoms with Gasteiger partial charge in [-0.2, -0.15) is 0 Å². The van der Waals surface area contributed by atoms with Gasteiger partial charge in [-0.25, -0.2) is 0 Å². The molecule has 0 amide bonds. The lowest BCUT2D eigenvalue weighted by Gasteiger charge is -2.53. The standard InChI is InChI=1S/C14H27IO2/c1-5-11(16)6-9-14(15)10(2)12(17)7-8-13(14,3)4/h10-12,16-17H,5-9H2,1-4H3. The Balaban J connectivity index is 2.79.